The van der Waals surface area contributed by atoms with E-state index in [1.165, 1.54) is 10.9 Å². The molecule has 1 saturated heterocycles. The number of aromatic nitrogens is 4. The van der Waals surface area contributed by atoms with Crippen LogP contribution < -0.4 is 0 Å². The highest BCUT2D eigenvalue weighted by atomic mass is 19.4. The van der Waals surface area contributed by atoms with Gasteiger partial charge in [-0.15, -0.1) is 0 Å². The first kappa shape index (κ1) is 17.6. The van der Waals surface area contributed by atoms with Gasteiger partial charge in [0.1, 0.15) is 5.82 Å². The van der Waals surface area contributed by atoms with Crippen molar-refractivity contribution in [3.05, 3.63) is 53.9 Å². The van der Waals surface area contributed by atoms with Gasteiger partial charge in [0.05, 0.1) is 11.6 Å². The van der Waals surface area contributed by atoms with Crippen molar-refractivity contribution in [2.24, 2.45) is 0 Å². The van der Waals surface area contributed by atoms with Gasteiger partial charge in [0.25, 0.3) is 5.91 Å². The molecule has 1 atom stereocenters. The zero-order valence-corrected chi connectivity index (χ0v) is 14.6. The normalized spacial score (nSPS) is 18.2. The molecule has 0 bridgehead atoms. The molecule has 3 aromatic heterocycles. The molecule has 1 unspecified atom stereocenters. The summed E-state index contributed by atoms with van der Waals surface area (Å²) in [6.45, 7) is 2.68. The van der Waals surface area contributed by atoms with E-state index in [4.69, 9.17) is 0 Å². The molecule has 1 amide bonds. The third-order valence-corrected chi connectivity index (χ3v) is 4.88. The summed E-state index contributed by atoms with van der Waals surface area (Å²) in [6.07, 6.45) is 0.0733. The fourth-order valence-electron chi connectivity index (χ4n) is 3.55. The Morgan fingerprint density at radius 2 is 2.04 bits per heavy atom. The summed E-state index contributed by atoms with van der Waals surface area (Å²) in [5.41, 5.74) is 0.174. The molecule has 4 heterocycles. The van der Waals surface area contributed by atoms with Gasteiger partial charge >= 0.3 is 6.18 Å². The second-order valence-electron chi connectivity index (χ2n) is 6.69. The number of rotatable bonds is 2. The van der Waals surface area contributed by atoms with Crippen LogP contribution in [-0.2, 0) is 6.18 Å². The molecule has 3 aromatic rings. The Labute approximate surface area is 153 Å². The molecule has 9 heteroatoms. The first-order valence-electron chi connectivity index (χ1n) is 8.70. The molecule has 142 valence electrons. The summed E-state index contributed by atoms with van der Waals surface area (Å²) in [4.78, 5) is 19.1. The fraction of sp³-hybridized carbons (Fsp3) is 0.389. The topological polar surface area (TPSA) is 55.4 Å². The van der Waals surface area contributed by atoms with Crippen LogP contribution in [0.15, 0.2) is 36.7 Å². The first-order chi connectivity index (χ1) is 12.8. The van der Waals surface area contributed by atoms with Crippen LogP contribution >= 0.6 is 0 Å². The number of aryl methyl sites for hydroxylation is 1. The molecule has 1 aliphatic rings. The van der Waals surface area contributed by atoms with Crippen LogP contribution in [0.5, 0.6) is 0 Å². The van der Waals surface area contributed by atoms with Gasteiger partial charge in [-0.2, -0.15) is 18.3 Å². The van der Waals surface area contributed by atoms with E-state index >= 15 is 0 Å². The zero-order valence-electron chi connectivity index (χ0n) is 14.6. The summed E-state index contributed by atoms with van der Waals surface area (Å²) in [6, 6.07) is 6.22. The average molecular weight is 377 g/mol. The van der Waals surface area contributed by atoms with Crippen LogP contribution in [0.4, 0.5) is 13.2 Å². The summed E-state index contributed by atoms with van der Waals surface area (Å²) in [5, 5.41) is 3.66. The summed E-state index contributed by atoms with van der Waals surface area (Å²) < 4.78 is 41.5. The van der Waals surface area contributed by atoms with Crippen molar-refractivity contribution in [3.63, 3.8) is 0 Å². The third-order valence-electron chi connectivity index (χ3n) is 4.88. The zero-order chi connectivity index (χ0) is 19.2. The Kier molecular flexibility index (Phi) is 4.16. The molecule has 0 aromatic carbocycles. The van der Waals surface area contributed by atoms with E-state index in [1.807, 2.05) is 35.7 Å². The SMILES string of the molecule is Cc1nc(C(=O)N2CCCC(n3ccc(C(F)(F)F)n3)C2)c2ccccn12. The van der Waals surface area contributed by atoms with Crippen LogP contribution in [0.25, 0.3) is 5.52 Å². The molecule has 0 N–H and O–H groups in total. The van der Waals surface area contributed by atoms with Gasteiger partial charge in [-0.25, -0.2) is 4.98 Å². The Balaban J connectivity index is 1.57. The van der Waals surface area contributed by atoms with Gasteiger partial charge in [0.2, 0.25) is 0 Å². The quantitative estimate of drug-likeness (QED) is 0.688. The average Bonchev–Trinajstić information content (AvgIpc) is 3.27. The van der Waals surface area contributed by atoms with Crippen molar-refractivity contribution in [1.82, 2.24) is 24.1 Å². The Morgan fingerprint density at radius 3 is 2.78 bits per heavy atom. The van der Waals surface area contributed by atoms with E-state index in [2.05, 4.69) is 10.1 Å². The maximum atomic E-state index is 13.0. The van der Waals surface area contributed by atoms with Crippen LogP contribution in [0.1, 0.15) is 40.9 Å². The maximum absolute atomic E-state index is 13.0. The second-order valence-corrected chi connectivity index (χ2v) is 6.69. The molecular weight excluding hydrogens is 359 g/mol. The highest BCUT2D eigenvalue weighted by Gasteiger charge is 2.35. The lowest BCUT2D eigenvalue weighted by molar-refractivity contribution is -0.141. The molecule has 27 heavy (non-hydrogen) atoms. The van der Waals surface area contributed by atoms with E-state index in [0.29, 0.717) is 37.4 Å². The number of likely N-dealkylation sites (tertiary alicyclic amines) is 1. The number of hydrogen-bond acceptors (Lipinski definition) is 3. The number of carbonyl (C=O) groups is 1. The summed E-state index contributed by atoms with van der Waals surface area (Å²) >= 11 is 0. The van der Waals surface area contributed by atoms with Crippen LogP contribution in [-0.4, -0.2) is 43.1 Å². The summed E-state index contributed by atoms with van der Waals surface area (Å²) in [7, 11) is 0. The molecule has 0 aliphatic carbocycles. The smallest absolute Gasteiger partial charge is 0.335 e. The molecule has 1 aliphatic heterocycles. The monoisotopic (exact) mass is 377 g/mol. The van der Waals surface area contributed by atoms with Crippen molar-refractivity contribution < 1.29 is 18.0 Å². The minimum atomic E-state index is -4.47. The molecule has 6 nitrogen and oxygen atoms in total. The fourth-order valence-corrected chi connectivity index (χ4v) is 3.55. The minimum Gasteiger partial charge on any atom is -0.335 e. The minimum absolute atomic E-state index is 0.209. The molecule has 0 saturated carbocycles. The van der Waals surface area contributed by atoms with E-state index < -0.39 is 11.9 Å². The van der Waals surface area contributed by atoms with Crippen molar-refractivity contribution in [2.45, 2.75) is 32.0 Å². The number of hydrogen-bond donors (Lipinski definition) is 0. The number of fused-ring (bicyclic) bond motifs is 1. The Bertz CT molecular complexity index is 990. The number of piperidine rings is 1. The van der Waals surface area contributed by atoms with Gasteiger partial charge in [0.15, 0.2) is 11.4 Å². The van der Waals surface area contributed by atoms with E-state index in [0.717, 1.165) is 11.6 Å². The highest BCUT2D eigenvalue weighted by molar-refractivity contribution is 5.99. The number of nitrogens with zero attached hydrogens (tertiary/aromatic N) is 5. The van der Waals surface area contributed by atoms with Gasteiger partial charge < -0.3 is 9.30 Å². The third kappa shape index (κ3) is 3.17. The number of pyridine rings is 1. The molecule has 4 rings (SSSR count). The van der Waals surface area contributed by atoms with E-state index in [-0.39, 0.29) is 11.9 Å². The maximum Gasteiger partial charge on any atom is 0.435 e. The molecule has 0 spiro atoms. The summed E-state index contributed by atoms with van der Waals surface area (Å²) in [5.74, 6) is 0.504. The number of amides is 1. The van der Waals surface area contributed by atoms with Crippen LogP contribution in [0.3, 0.4) is 0 Å². The highest BCUT2D eigenvalue weighted by Crippen LogP contribution is 2.29. The predicted molar refractivity (Wildman–Crippen MR) is 91.3 cm³/mol. The van der Waals surface area contributed by atoms with Crippen molar-refractivity contribution >= 4 is 11.4 Å². The number of carbonyl (C=O) groups excluding carboxylic acids is 1. The van der Waals surface area contributed by atoms with Crippen LogP contribution in [0, 0.1) is 6.92 Å². The van der Waals surface area contributed by atoms with Crippen LogP contribution in [0.2, 0.25) is 0 Å². The molecular formula is C18H18F3N5O. The van der Waals surface area contributed by atoms with Crippen molar-refractivity contribution in [2.75, 3.05) is 13.1 Å². The Hall–Kier alpha value is -2.84. The molecule has 1 fully saturated rings. The first-order valence-corrected chi connectivity index (χ1v) is 8.70. The van der Waals surface area contributed by atoms with Gasteiger partial charge in [-0.3, -0.25) is 9.48 Å². The predicted octanol–water partition coefficient (Wildman–Crippen LogP) is 3.34. The van der Waals surface area contributed by atoms with Gasteiger partial charge in [-0.05, 0) is 38.0 Å². The van der Waals surface area contributed by atoms with Gasteiger partial charge in [-0.1, -0.05) is 6.07 Å². The lowest BCUT2D eigenvalue weighted by Crippen LogP contribution is -2.41. The number of halogens is 3. The van der Waals surface area contributed by atoms with Crippen molar-refractivity contribution in [3.8, 4) is 0 Å². The Morgan fingerprint density at radius 1 is 1.22 bits per heavy atom. The van der Waals surface area contributed by atoms with Gasteiger partial charge in [0, 0.05) is 25.5 Å². The standard InChI is InChI=1S/C18H18F3N5O/c1-12-22-16(14-6-2-3-9-25(12)14)17(27)24-8-4-5-13(11-24)26-10-7-15(23-26)18(19,20)21/h2-3,6-7,9-10,13H,4-5,8,11H2,1H3. The van der Waals surface area contributed by atoms with Crippen molar-refractivity contribution in [1.29, 1.82) is 0 Å². The lowest BCUT2D eigenvalue weighted by atomic mass is 10.1. The number of alkyl halides is 3. The van der Waals surface area contributed by atoms with E-state index in [1.54, 1.807) is 4.90 Å². The second kappa shape index (κ2) is 6.40. The lowest BCUT2D eigenvalue weighted by Gasteiger charge is -2.32. The largest absolute Gasteiger partial charge is 0.435 e. The molecule has 0 radical (unpaired) electrons. The van der Waals surface area contributed by atoms with E-state index in [9.17, 15) is 18.0 Å². The number of imidazole rings is 1.